The molecule has 214 valence electrons. The molecular weight excluding hydrogens is 549 g/mol. The molecule has 0 saturated carbocycles. The van der Waals surface area contributed by atoms with Gasteiger partial charge < -0.3 is 14.2 Å². The normalized spacial score (nSPS) is 23.5. The van der Waals surface area contributed by atoms with Crippen LogP contribution >= 0.6 is 11.8 Å². The summed E-state index contributed by atoms with van der Waals surface area (Å²) in [5.74, 6) is 0.841. The van der Waals surface area contributed by atoms with Gasteiger partial charge in [0.1, 0.15) is 17.6 Å². The molecule has 3 saturated heterocycles. The molecule has 1 aromatic rings. The van der Waals surface area contributed by atoms with E-state index in [4.69, 9.17) is 14.3 Å². The Kier molecular flexibility index (Phi) is 9.72. The molecule has 3 aliphatic rings. The van der Waals surface area contributed by atoms with Gasteiger partial charge in [0.2, 0.25) is 15.9 Å². The number of nitrogens with one attached hydrogen (secondary N) is 1. The Morgan fingerprint density at radius 2 is 1.74 bits per heavy atom. The molecule has 9 nitrogen and oxygen atoms in total. The number of ether oxygens (including phenoxy) is 3. The third kappa shape index (κ3) is 7.68. The molecule has 0 radical (unpaired) electrons. The largest absolute Gasteiger partial charge is 0.573 e. The zero-order valence-electron chi connectivity index (χ0n) is 20.9. The highest BCUT2D eigenvalue weighted by molar-refractivity contribution is 7.99. The van der Waals surface area contributed by atoms with Crippen molar-refractivity contribution in [2.75, 3.05) is 31.2 Å². The number of thioether (sulfide) groups is 1. The van der Waals surface area contributed by atoms with Gasteiger partial charge in [0.25, 0.3) is 0 Å². The zero-order valence-corrected chi connectivity index (χ0v) is 22.5. The number of alkyl halides is 3. The van der Waals surface area contributed by atoms with Crippen molar-refractivity contribution >= 4 is 27.7 Å². The summed E-state index contributed by atoms with van der Waals surface area (Å²) in [5, 5.41) is 0. The fraction of sp³-hybridized carbons (Fsp3) is 0.708. The van der Waals surface area contributed by atoms with Crippen molar-refractivity contribution < 1.29 is 45.4 Å². The molecule has 14 heteroatoms. The van der Waals surface area contributed by atoms with Crippen LogP contribution in [0.3, 0.4) is 0 Å². The highest BCUT2D eigenvalue weighted by Gasteiger charge is 2.50. The molecule has 1 amide bonds. The van der Waals surface area contributed by atoms with Gasteiger partial charge in [-0.3, -0.25) is 4.79 Å². The molecule has 0 aliphatic carbocycles. The molecule has 3 heterocycles. The Labute approximate surface area is 224 Å². The van der Waals surface area contributed by atoms with Gasteiger partial charge >= 0.3 is 6.36 Å². The van der Waals surface area contributed by atoms with Crippen molar-refractivity contribution in [1.82, 2.24) is 9.79 Å². The smallest absolute Gasteiger partial charge is 0.490 e. The van der Waals surface area contributed by atoms with Gasteiger partial charge in [-0.1, -0.05) is 0 Å². The number of amides is 1. The first-order valence-electron chi connectivity index (χ1n) is 12.7. The second-order valence-corrected chi connectivity index (χ2v) is 13.2. The van der Waals surface area contributed by atoms with Crippen LogP contribution in [-0.4, -0.2) is 73.3 Å². The van der Waals surface area contributed by atoms with E-state index in [2.05, 4.69) is 10.2 Å². The van der Waals surface area contributed by atoms with Gasteiger partial charge in [0, 0.05) is 32.5 Å². The molecule has 1 unspecified atom stereocenters. The molecule has 0 bridgehead atoms. The second-order valence-electron chi connectivity index (χ2n) is 9.65. The molecule has 0 aromatic heterocycles. The maximum atomic E-state index is 13.8. The highest BCUT2D eigenvalue weighted by atomic mass is 32.2. The Morgan fingerprint density at radius 1 is 1.08 bits per heavy atom. The number of carbonyl (C=O) groups is 1. The Balaban J connectivity index is 1.33. The summed E-state index contributed by atoms with van der Waals surface area (Å²) in [4.78, 5) is 18.1. The van der Waals surface area contributed by atoms with Gasteiger partial charge in [-0.2, -0.15) is 11.8 Å². The minimum absolute atomic E-state index is 0.189. The molecule has 3 aliphatic heterocycles. The summed E-state index contributed by atoms with van der Waals surface area (Å²) in [6.07, 6.45) is -1.65. The van der Waals surface area contributed by atoms with Crippen LogP contribution in [0.15, 0.2) is 24.3 Å². The van der Waals surface area contributed by atoms with Crippen molar-refractivity contribution in [2.45, 2.75) is 74.9 Å². The first kappa shape index (κ1) is 29.2. The number of carbonyl (C=O) groups excluding carboxylic acids is 1. The average molecular weight is 583 g/mol. The summed E-state index contributed by atoms with van der Waals surface area (Å²) in [5.41, 5.74) is 2.41. The molecular formula is C24H33F3N2O7S2. The summed E-state index contributed by atoms with van der Waals surface area (Å²) < 4.78 is 80.2. The number of nitrogens with zero attached hydrogens (tertiary/aromatic N) is 1. The third-order valence-electron chi connectivity index (χ3n) is 6.98. The van der Waals surface area contributed by atoms with Crippen LogP contribution < -0.4 is 15.0 Å². The number of hydrogen-bond acceptors (Lipinski definition) is 8. The maximum Gasteiger partial charge on any atom is 0.573 e. The van der Waals surface area contributed by atoms with Crippen molar-refractivity contribution in [1.29, 1.82) is 0 Å². The van der Waals surface area contributed by atoms with Gasteiger partial charge in [0.15, 0.2) is 6.29 Å². The third-order valence-corrected chi connectivity index (χ3v) is 10.7. The monoisotopic (exact) mass is 582 g/mol. The molecule has 1 N–H and O–H groups in total. The lowest BCUT2D eigenvalue weighted by Crippen LogP contribution is -2.55. The standard InChI is InChI=1S/C24H33F3N2O7S2/c25-24(26,27)35-20-6-4-18(5-7-20)34-19-8-12-29(13-9-19)38(31,32)23(10-15-37-16-11-23)17-21(30)28-36-22-3-1-2-14-33-22/h4-7,19,22H,1-3,8-17H2,(H,28,30). The lowest BCUT2D eigenvalue weighted by molar-refractivity contribution is -0.274. The minimum atomic E-state index is -4.77. The van der Waals surface area contributed by atoms with Crippen LogP contribution in [0.1, 0.15) is 51.4 Å². The van der Waals surface area contributed by atoms with E-state index in [0.717, 1.165) is 12.8 Å². The first-order valence-corrected chi connectivity index (χ1v) is 15.3. The quantitative estimate of drug-likeness (QED) is 0.436. The SMILES string of the molecule is O=C(CC1(S(=O)(=O)N2CCC(Oc3ccc(OC(F)(F)F)cc3)CC2)CCSCC1)NOC1CCCCO1. The van der Waals surface area contributed by atoms with Gasteiger partial charge in [-0.25, -0.2) is 23.0 Å². The molecule has 1 atom stereocenters. The van der Waals surface area contributed by atoms with Crippen LogP contribution in [0.4, 0.5) is 13.2 Å². The van der Waals surface area contributed by atoms with Crippen molar-refractivity contribution in [3.05, 3.63) is 24.3 Å². The van der Waals surface area contributed by atoms with E-state index in [1.807, 2.05) is 0 Å². The van der Waals surface area contributed by atoms with Crippen molar-refractivity contribution in [3.63, 3.8) is 0 Å². The summed E-state index contributed by atoms with van der Waals surface area (Å²) in [6.45, 7) is 1.02. The van der Waals surface area contributed by atoms with E-state index >= 15 is 0 Å². The number of benzene rings is 1. The number of halogens is 3. The minimum Gasteiger partial charge on any atom is -0.490 e. The predicted octanol–water partition coefficient (Wildman–Crippen LogP) is 3.99. The number of hydrogen-bond donors (Lipinski definition) is 1. The van der Waals surface area contributed by atoms with Gasteiger partial charge in [-0.15, -0.1) is 13.2 Å². The number of piperidine rings is 1. The van der Waals surface area contributed by atoms with Crippen LogP contribution in [0.5, 0.6) is 11.5 Å². The number of rotatable bonds is 9. The second kappa shape index (κ2) is 12.6. The highest BCUT2D eigenvalue weighted by Crippen LogP contribution is 2.40. The fourth-order valence-corrected chi connectivity index (χ4v) is 8.72. The topological polar surface area (TPSA) is 103 Å². The lowest BCUT2D eigenvalue weighted by atomic mass is 9.97. The van der Waals surface area contributed by atoms with Crippen LogP contribution in [-0.2, 0) is 24.4 Å². The van der Waals surface area contributed by atoms with Crippen molar-refractivity contribution in [3.8, 4) is 11.5 Å². The van der Waals surface area contributed by atoms with E-state index in [1.165, 1.54) is 28.6 Å². The zero-order chi connectivity index (χ0) is 27.2. The van der Waals surface area contributed by atoms with E-state index in [9.17, 15) is 26.4 Å². The van der Waals surface area contributed by atoms with Crippen LogP contribution in [0, 0.1) is 0 Å². The van der Waals surface area contributed by atoms with Crippen molar-refractivity contribution in [2.24, 2.45) is 0 Å². The van der Waals surface area contributed by atoms with Gasteiger partial charge in [0.05, 0.1) is 4.75 Å². The molecule has 38 heavy (non-hydrogen) atoms. The molecule has 1 aromatic carbocycles. The first-order chi connectivity index (χ1) is 18.1. The summed E-state index contributed by atoms with van der Waals surface area (Å²) in [6, 6.07) is 5.11. The molecule has 0 spiro atoms. The number of hydroxylamine groups is 1. The van der Waals surface area contributed by atoms with Crippen LogP contribution in [0.2, 0.25) is 0 Å². The Bertz CT molecular complexity index is 1020. The lowest BCUT2D eigenvalue weighted by Gasteiger charge is -2.41. The average Bonchev–Trinajstić information content (AvgIpc) is 2.89. The maximum absolute atomic E-state index is 13.8. The van der Waals surface area contributed by atoms with E-state index in [0.29, 0.717) is 56.0 Å². The Hall–Kier alpha value is -1.74. The number of sulfonamides is 1. The summed E-state index contributed by atoms with van der Waals surface area (Å²) >= 11 is 1.67. The molecule has 3 fully saturated rings. The summed E-state index contributed by atoms with van der Waals surface area (Å²) in [7, 11) is -3.81. The van der Waals surface area contributed by atoms with E-state index in [-0.39, 0.29) is 31.4 Å². The Morgan fingerprint density at radius 3 is 2.34 bits per heavy atom. The van der Waals surface area contributed by atoms with E-state index in [1.54, 1.807) is 11.8 Å². The fourth-order valence-electron chi connectivity index (χ4n) is 4.91. The van der Waals surface area contributed by atoms with Gasteiger partial charge in [-0.05, 0) is 74.3 Å². The van der Waals surface area contributed by atoms with Crippen LogP contribution in [0.25, 0.3) is 0 Å². The predicted molar refractivity (Wildman–Crippen MR) is 134 cm³/mol. The molecule has 4 rings (SSSR count). The van der Waals surface area contributed by atoms with E-state index < -0.39 is 33.3 Å².